The summed E-state index contributed by atoms with van der Waals surface area (Å²) in [7, 11) is 5.51. The Balaban J connectivity index is 2.78. The topological polar surface area (TPSA) is 69.6 Å². The van der Waals surface area contributed by atoms with E-state index in [9.17, 15) is 0 Å². The molecule has 2 aromatic heterocycles. The van der Waals surface area contributed by atoms with Crippen LogP contribution in [0.15, 0.2) is 6.33 Å². The molecule has 5 nitrogen and oxygen atoms in total. The van der Waals surface area contributed by atoms with Crippen molar-refractivity contribution < 1.29 is 0 Å². The van der Waals surface area contributed by atoms with Crippen molar-refractivity contribution in [3.63, 3.8) is 0 Å². The summed E-state index contributed by atoms with van der Waals surface area (Å²) in [4.78, 5) is 12.1. The molecule has 2 aromatic rings. The Morgan fingerprint density at radius 3 is 2.79 bits per heavy atom. The van der Waals surface area contributed by atoms with Crippen molar-refractivity contribution in [2.75, 3.05) is 5.73 Å². The van der Waals surface area contributed by atoms with Crippen LogP contribution in [0.5, 0.6) is 0 Å². The minimum atomic E-state index is 0.178. The van der Waals surface area contributed by atoms with Gasteiger partial charge in [0.15, 0.2) is 19.3 Å². The SMILES string of the molecule is [B]c1nc(N)c2ncn(C(C)C)c2n1. The first-order chi connectivity index (χ1) is 6.59. The first-order valence-electron chi connectivity index (χ1n) is 4.35. The molecular formula is C8H10BN5. The molecule has 2 radical (unpaired) electrons. The molecule has 70 valence electrons. The van der Waals surface area contributed by atoms with E-state index in [2.05, 4.69) is 15.0 Å². The first kappa shape index (κ1) is 8.99. The Hall–Kier alpha value is -1.59. The zero-order valence-electron chi connectivity index (χ0n) is 8.10. The van der Waals surface area contributed by atoms with Crippen LogP contribution in [-0.4, -0.2) is 27.4 Å². The second kappa shape index (κ2) is 2.97. The number of hydrogen-bond acceptors (Lipinski definition) is 4. The predicted molar refractivity (Wildman–Crippen MR) is 55.5 cm³/mol. The molecule has 0 bridgehead atoms. The fourth-order valence-corrected chi connectivity index (χ4v) is 1.33. The molecule has 0 unspecified atom stereocenters. The van der Waals surface area contributed by atoms with E-state index in [1.807, 2.05) is 18.4 Å². The zero-order chi connectivity index (χ0) is 10.3. The average Bonchev–Trinajstić information content (AvgIpc) is 2.47. The van der Waals surface area contributed by atoms with E-state index in [1.54, 1.807) is 6.33 Å². The predicted octanol–water partition coefficient (Wildman–Crippen LogP) is -0.217. The second-order valence-electron chi connectivity index (χ2n) is 3.38. The van der Waals surface area contributed by atoms with Gasteiger partial charge >= 0.3 is 0 Å². The summed E-state index contributed by atoms with van der Waals surface area (Å²) in [5, 5.41) is 0. The maximum atomic E-state index is 5.66. The van der Waals surface area contributed by atoms with Crippen LogP contribution >= 0.6 is 0 Å². The fourth-order valence-electron chi connectivity index (χ4n) is 1.33. The Morgan fingerprint density at radius 2 is 2.14 bits per heavy atom. The minimum Gasteiger partial charge on any atom is -0.382 e. The highest BCUT2D eigenvalue weighted by atomic mass is 15.1. The molecule has 0 aliphatic rings. The van der Waals surface area contributed by atoms with Gasteiger partial charge in [0.2, 0.25) is 0 Å². The third-order valence-electron chi connectivity index (χ3n) is 2.02. The van der Waals surface area contributed by atoms with Crippen LogP contribution in [0.2, 0.25) is 0 Å². The van der Waals surface area contributed by atoms with Crippen molar-refractivity contribution in [1.29, 1.82) is 0 Å². The standard InChI is InChI=1S/C8H10BN5/c1-4(2)14-3-11-5-6(10)12-8(9)13-7(5)14/h3-4H,1-2H3,(H2,10,12,13). The number of nitrogens with two attached hydrogens (primary N) is 1. The van der Waals surface area contributed by atoms with Crippen LogP contribution in [0.1, 0.15) is 19.9 Å². The van der Waals surface area contributed by atoms with Gasteiger partial charge in [0, 0.05) is 6.04 Å². The highest BCUT2D eigenvalue weighted by Crippen LogP contribution is 2.16. The Kier molecular flexibility index (Phi) is 1.91. The molecule has 0 aliphatic carbocycles. The van der Waals surface area contributed by atoms with Gasteiger partial charge < -0.3 is 10.3 Å². The summed E-state index contributed by atoms with van der Waals surface area (Å²) in [6, 6.07) is 0.272. The summed E-state index contributed by atoms with van der Waals surface area (Å²) in [5.74, 6) is 0.326. The third kappa shape index (κ3) is 1.23. The highest BCUT2D eigenvalue weighted by Gasteiger charge is 2.10. The number of rotatable bonds is 1. The normalized spacial score (nSPS) is 11.4. The molecule has 0 spiro atoms. The Morgan fingerprint density at radius 1 is 1.43 bits per heavy atom. The van der Waals surface area contributed by atoms with E-state index in [0.717, 1.165) is 0 Å². The van der Waals surface area contributed by atoms with Crippen LogP contribution < -0.4 is 11.5 Å². The van der Waals surface area contributed by atoms with Gasteiger partial charge in [-0.1, -0.05) is 0 Å². The van der Waals surface area contributed by atoms with Gasteiger partial charge in [-0.2, -0.15) is 0 Å². The molecule has 6 heteroatoms. The van der Waals surface area contributed by atoms with Gasteiger partial charge in [0.05, 0.1) is 12.1 Å². The van der Waals surface area contributed by atoms with Crippen molar-refractivity contribution in [2.24, 2.45) is 0 Å². The first-order valence-corrected chi connectivity index (χ1v) is 4.35. The van der Waals surface area contributed by atoms with Crippen LogP contribution in [0.3, 0.4) is 0 Å². The quantitative estimate of drug-likeness (QED) is 0.626. The molecule has 14 heavy (non-hydrogen) atoms. The average molecular weight is 187 g/mol. The summed E-state index contributed by atoms with van der Waals surface area (Å²) in [5.41, 5.74) is 7.13. The minimum absolute atomic E-state index is 0.178. The maximum Gasteiger partial charge on any atom is 0.170 e. The monoisotopic (exact) mass is 187 g/mol. The number of fused-ring (bicyclic) bond motifs is 1. The smallest absolute Gasteiger partial charge is 0.170 e. The van der Waals surface area contributed by atoms with E-state index < -0.39 is 0 Å². The lowest BCUT2D eigenvalue weighted by atomic mass is 10.1. The maximum absolute atomic E-state index is 5.66. The number of nitrogens with zero attached hydrogens (tertiary/aromatic N) is 4. The van der Waals surface area contributed by atoms with Gasteiger partial charge in [0.1, 0.15) is 5.52 Å². The molecule has 0 aliphatic heterocycles. The number of hydrogen-bond donors (Lipinski definition) is 1. The van der Waals surface area contributed by atoms with E-state index in [4.69, 9.17) is 13.6 Å². The van der Waals surface area contributed by atoms with Gasteiger partial charge in [-0.15, -0.1) is 0 Å². The lowest BCUT2D eigenvalue weighted by molar-refractivity contribution is 0.613. The van der Waals surface area contributed by atoms with E-state index in [1.165, 1.54) is 0 Å². The molecule has 2 heterocycles. The van der Waals surface area contributed by atoms with Crippen molar-refractivity contribution in [1.82, 2.24) is 19.5 Å². The van der Waals surface area contributed by atoms with E-state index in [0.29, 0.717) is 17.0 Å². The Bertz CT molecular complexity index is 476. The van der Waals surface area contributed by atoms with Crippen LogP contribution in [-0.2, 0) is 0 Å². The van der Waals surface area contributed by atoms with Crippen LogP contribution in [0.25, 0.3) is 11.2 Å². The third-order valence-corrected chi connectivity index (χ3v) is 2.02. The highest BCUT2D eigenvalue weighted by molar-refractivity contribution is 6.29. The van der Waals surface area contributed by atoms with Crippen molar-refractivity contribution in [3.05, 3.63) is 6.33 Å². The van der Waals surface area contributed by atoms with Gasteiger partial charge in [-0.25, -0.2) is 15.0 Å². The van der Waals surface area contributed by atoms with E-state index in [-0.39, 0.29) is 11.8 Å². The molecule has 0 aromatic carbocycles. The number of nitrogen functional groups attached to an aromatic ring is 1. The lowest BCUT2D eigenvalue weighted by Crippen LogP contribution is -2.16. The van der Waals surface area contributed by atoms with E-state index >= 15 is 0 Å². The number of anilines is 1. The molecular weight excluding hydrogens is 177 g/mol. The number of aromatic nitrogens is 4. The lowest BCUT2D eigenvalue weighted by Gasteiger charge is -2.07. The summed E-state index contributed by atoms with van der Waals surface area (Å²) >= 11 is 0. The molecule has 0 saturated carbocycles. The molecule has 0 amide bonds. The summed E-state index contributed by atoms with van der Waals surface area (Å²) in [6.07, 6.45) is 1.69. The van der Waals surface area contributed by atoms with Gasteiger partial charge in [-0.05, 0) is 13.8 Å². The van der Waals surface area contributed by atoms with Crippen LogP contribution in [0, 0.1) is 0 Å². The Labute approximate surface area is 82.8 Å². The van der Waals surface area contributed by atoms with Gasteiger partial charge in [0.25, 0.3) is 0 Å². The van der Waals surface area contributed by atoms with Crippen LogP contribution in [0.4, 0.5) is 5.82 Å². The fraction of sp³-hybridized carbons (Fsp3) is 0.375. The molecule has 2 rings (SSSR count). The van der Waals surface area contributed by atoms with Crippen molar-refractivity contribution >= 4 is 30.6 Å². The largest absolute Gasteiger partial charge is 0.382 e. The summed E-state index contributed by atoms with van der Waals surface area (Å²) in [6.45, 7) is 4.07. The number of imidazole rings is 1. The molecule has 0 saturated heterocycles. The second-order valence-corrected chi connectivity index (χ2v) is 3.38. The van der Waals surface area contributed by atoms with Crippen molar-refractivity contribution in [2.45, 2.75) is 19.9 Å². The van der Waals surface area contributed by atoms with Gasteiger partial charge in [-0.3, -0.25) is 0 Å². The zero-order valence-corrected chi connectivity index (χ0v) is 8.10. The molecule has 0 fully saturated rings. The molecule has 0 atom stereocenters. The molecule has 2 N–H and O–H groups in total. The van der Waals surface area contributed by atoms with Crippen molar-refractivity contribution in [3.8, 4) is 0 Å². The summed E-state index contributed by atoms with van der Waals surface area (Å²) < 4.78 is 1.91.